The number of para-hydroxylation sites is 2. The van der Waals surface area contributed by atoms with Gasteiger partial charge in [0, 0.05) is 37.7 Å². The third-order valence-electron chi connectivity index (χ3n) is 5.13. The standard InChI is InChI=1S/C19H21N5O4/c1-11-8-24(19(28)22-18(11)27)14-9-23(10-15(14)25)17(26)7-6-16-20-12-4-2-3-5-13(12)21-16/h2-5,8,14-15,25H,6-7,9-10H2,1H3,(H,20,21)(H,22,27,28)/t14-,15-/m1/s1. The summed E-state index contributed by atoms with van der Waals surface area (Å²) in [5.74, 6) is 0.620. The zero-order chi connectivity index (χ0) is 19.8. The minimum atomic E-state index is -0.877. The summed E-state index contributed by atoms with van der Waals surface area (Å²) < 4.78 is 1.30. The molecule has 0 saturated carbocycles. The van der Waals surface area contributed by atoms with Gasteiger partial charge in [0.2, 0.25) is 5.91 Å². The molecule has 0 radical (unpaired) electrons. The third kappa shape index (κ3) is 3.36. The highest BCUT2D eigenvalue weighted by atomic mass is 16.3. The molecule has 2 aromatic heterocycles. The molecule has 0 spiro atoms. The first-order chi connectivity index (χ1) is 13.4. The number of benzene rings is 1. The summed E-state index contributed by atoms with van der Waals surface area (Å²) in [4.78, 5) is 47.6. The van der Waals surface area contributed by atoms with Crippen molar-refractivity contribution in [3.63, 3.8) is 0 Å². The van der Waals surface area contributed by atoms with E-state index in [9.17, 15) is 19.5 Å². The molecule has 3 heterocycles. The molecule has 0 aliphatic carbocycles. The molecule has 1 aromatic carbocycles. The number of carbonyl (C=O) groups is 1. The predicted molar refractivity (Wildman–Crippen MR) is 102 cm³/mol. The third-order valence-corrected chi connectivity index (χ3v) is 5.13. The lowest BCUT2D eigenvalue weighted by Crippen LogP contribution is -2.37. The number of aromatic nitrogens is 4. The number of aliphatic hydroxyl groups excluding tert-OH is 1. The van der Waals surface area contributed by atoms with Crippen LogP contribution in [0.4, 0.5) is 0 Å². The zero-order valence-electron chi connectivity index (χ0n) is 15.4. The van der Waals surface area contributed by atoms with Gasteiger partial charge in [-0.2, -0.15) is 0 Å². The van der Waals surface area contributed by atoms with Crippen LogP contribution in [0, 0.1) is 6.92 Å². The van der Waals surface area contributed by atoms with E-state index in [0.29, 0.717) is 12.0 Å². The minimum Gasteiger partial charge on any atom is -0.389 e. The van der Waals surface area contributed by atoms with Crippen LogP contribution in [0.25, 0.3) is 11.0 Å². The molecule has 0 bridgehead atoms. The number of likely N-dealkylation sites (tertiary alicyclic amines) is 1. The Morgan fingerprint density at radius 2 is 2.04 bits per heavy atom. The van der Waals surface area contributed by atoms with Gasteiger partial charge in [-0.3, -0.25) is 19.1 Å². The highest BCUT2D eigenvalue weighted by Gasteiger charge is 2.35. The highest BCUT2D eigenvalue weighted by molar-refractivity contribution is 5.77. The lowest BCUT2D eigenvalue weighted by molar-refractivity contribution is -0.130. The molecule has 2 atom stereocenters. The molecule has 1 aliphatic rings. The highest BCUT2D eigenvalue weighted by Crippen LogP contribution is 2.22. The fraction of sp³-hybridized carbons (Fsp3) is 0.368. The van der Waals surface area contributed by atoms with Crippen LogP contribution < -0.4 is 11.2 Å². The van der Waals surface area contributed by atoms with Crippen LogP contribution >= 0.6 is 0 Å². The number of nitrogens with one attached hydrogen (secondary N) is 2. The van der Waals surface area contributed by atoms with E-state index in [4.69, 9.17) is 0 Å². The molecule has 1 aliphatic heterocycles. The van der Waals surface area contributed by atoms with Crippen molar-refractivity contribution in [3.05, 3.63) is 62.7 Å². The number of nitrogens with zero attached hydrogens (tertiary/aromatic N) is 3. The Kier molecular flexibility index (Phi) is 4.60. The van der Waals surface area contributed by atoms with E-state index in [0.717, 1.165) is 16.9 Å². The Balaban J connectivity index is 1.44. The monoisotopic (exact) mass is 383 g/mol. The van der Waals surface area contributed by atoms with Crippen LogP contribution in [0.3, 0.4) is 0 Å². The molecule has 1 saturated heterocycles. The van der Waals surface area contributed by atoms with E-state index < -0.39 is 23.4 Å². The van der Waals surface area contributed by atoms with E-state index in [1.165, 1.54) is 10.8 Å². The number of β-amino-alcohol motifs (C(OH)–C–C–N with tert-alkyl or cyclic N) is 1. The van der Waals surface area contributed by atoms with Crippen molar-refractivity contribution in [1.82, 2.24) is 24.4 Å². The smallest absolute Gasteiger partial charge is 0.328 e. The molecule has 1 amide bonds. The van der Waals surface area contributed by atoms with Gasteiger partial charge in [-0.05, 0) is 19.1 Å². The molecule has 3 aromatic rings. The summed E-state index contributed by atoms with van der Waals surface area (Å²) in [6.07, 6.45) is 1.26. The Hall–Kier alpha value is -3.20. The summed E-state index contributed by atoms with van der Waals surface area (Å²) >= 11 is 0. The Labute approximate surface area is 159 Å². The summed E-state index contributed by atoms with van der Waals surface area (Å²) in [5, 5.41) is 10.4. The topological polar surface area (TPSA) is 124 Å². The molecular weight excluding hydrogens is 362 g/mol. The lowest BCUT2D eigenvalue weighted by atomic mass is 10.2. The van der Waals surface area contributed by atoms with E-state index in [2.05, 4.69) is 15.0 Å². The number of fused-ring (bicyclic) bond motifs is 1. The fourth-order valence-corrected chi connectivity index (χ4v) is 3.59. The van der Waals surface area contributed by atoms with Crippen molar-refractivity contribution in [2.24, 2.45) is 0 Å². The number of imidazole rings is 1. The largest absolute Gasteiger partial charge is 0.389 e. The van der Waals surface area contributed by atoms with Crippen molar-refractivity contribution in [3.8, 4) is 0 Å². The van der Waals surface area contributed by atoms with Gasteiger partial charge >= 0.3 is 5.69 Å². The molecule has 146 valence electrons. The molecule has 1 fully saturated rings. The maximum absolute atomic E-state index is 12.6. The van der Waals surface area contributed by atoms with E-state index in [-0.39, 0.29) is 25.4 Å². The quantitative estimate of drug-likeness (QED) is 0.589. The molecule has 9 nitrogen and oxygen atoms in total. The van der Waals surface area contributed by atoms with Crippen LogP contribution in [0.5, 0.6) is 0 Å². The van der Waals surface area contributed by atoms with Crippen LogP contribution in [-0.4, -0.2) is 54.6 Å². The first-order valence-electron chi connectivity index (χ1n) is 9.14. The summed E-state index contributed by atoms with van der Waals surface area (Å²) in [6.45, 7) is 1.95. The Bertz CT molecular complexity index is 1110. The van der Waals surface area contributed by atoms with Gasteiger partial charge in [0.05, 0.1) is 23.2 Å². The van der Waals surface area contributed by atoms with Gasteiger partial charge in [0.1, 0.15) is 5.82 Å². The SMILES string of the molecule is Cc1cn([C@@H]2CN(C(=O)CCc3nc4ccccc4[nH]3)C[C@H]2O)c(=O)[nH]c1=O. The van der Waals surface area contributed by atoms with E-state index in [1.54, 1.807) is 11.8 Å². The summed E-state index contributed by atoms with van der Waals surface area (Å²) in [5.41, 5.74) is 1.12. The van der Waals surface area contributed by atoms with Crippen molar-refractivity contribution < 1.29 is 9.90 Å². The second kappa shape index (κ2) is 7.08. The average molecular weight is 383 g/mol. The normalized spacial score (nSPS) is 19.4. The maximum Gasteiger partial charge on any atom is 0.328 e. The number of amides is 1. The van der Waals surface area contributed by atoms with Crippen molar-refractivity contribution in [2.45, 2.75) is 31.9 Å². The number of aromatic amines is 2. The number of aryl methyl sites for hydroxylation is 2. The molecule has 9 heteroatoms. The van der Waals surface area contributed by atoms with Crippen molar-refractivity contribution >= 4 is 16.9 Å². The van der Waals surface area contributed by atoms with E-state index >= 15 is 0 Å². The predicted octanol–water partition coefficient (Wildman–Crippen LogP) is 0.0983. The Morgan fingerprint density at radius 3 is 2.82 bits per heavy atom. The fourth-order valence-electron chi connectivity index (χ4n) is 3.59. The van der Waals surface area contributed by atoms with Gasteiger partial charge in [-0.1, -0.05) is 12.1 Å². The van der Waals surface area contributed by atoms with Crippen LogP contribution in [-0.2, 0) is 11.2 Å². The first kappa shape index (κ1) is 18.2. The number of hydrogen-bond acceptors (Lipinski definition) is 5. The van der Waals surface area contributed by atoms with E-state index in [1.807, 2.05) is 24.3 Å². The maximum atomic E-state index is 12.6. The molecule has 3 N–H and O–H groups in total. The molecule has 4 rings (SSSR count). The van der Waals surface area contributed by atoms with Gasteiger partial charge < -0.3 is 15.0 Å². The molecular formula is C19H21N5O4. The van der Waals surface area contributed by atoms with Crippen molar-refractivity contribution in [2.75, 3.05) is 13.1 Å². The number of aliphatic hydroxyl groups is 1. The Morgan fingerprint density at radius 1 is 1.25 bits per heavy atom. The second-order valence-electron chi connectivity index (χ2n) is 7.11. The molecule has 28 heavy (non-hydrogen) atoms. The first-order valence-corrected chi connectivity index (χ1v) is 9.14. The van der Waals surface area contributed by atoms with Gasteiger partial charge in [-0.15, -0.1) is 0 Å². The van der Waals surface area contributed by atoms with Gasteiger partial charge in [0.25, 0.3) is 5.56 Å². The van der Waals surface area contributed by atoms with Crippen molar-refractivity contribution in [1.29, 1.82) is 0 Å². The number of rotatable bonds is 4. The van der Waals surface area contributed by atoms with Gasteiger partial charge in [-0.25, -0.2) is 9.78 Å². The van der Waals surface area contributed by atoms with Gasteiger partial charge in [0.15, 0.2) is 0 Å². The molecule has 0 unspecified atom stereocenters. The van der Waals surface area contributed by atoms with Crippen LogP contribution in [0.1, 0.15) is 23.9 Å². The number of H-pyrrole nitrogens is 2. The summed E-state index contributed by atoms with van der Waals surface area (Å²) in [7, 11) is 0. The lowest BCUT2D eigenvalue weighted by Gasteiger charge is -2.17. The number of hydrogen-bond donors (Lipinski definition) is 3. The zero-order valence-corrected chi connectivity index (χ0v) is 15.4. The summed E-state index contributed by atoms with van der Waals surface area (Å²) in [6, 6.07) is 7.08. The number of carbonyl (C=O) groups excluding carboxylic acids is 1. The van der Waals surface area contributed by atoms with Crippen LogP contribution in [0.15, 0.2) is 40.1 Å². The second-order valence-corrected chi connectivity index (χ2v) is 7.11. The average Bonchev–Trinajstić information content (AvgIpc) is 3.26. The van der Waals surface area contributed by atoms with Crippen LogP contribution in [0.2, 0.25) is 0 Å². The minimum absolute atomic E-state index is 0.115.